The van der Waals surface area contributed by atoms with Gasteiger partial charge in [-0.2, -0.15) is 0 Å². The lowest BCUT2D eigenvalue weighted by atomic mass is 9.80. The summed E-state index contributed by atoms with van der Waals surface area (Å²) >= 11 is 0. The third-order valence-electron chi connectivity index (χ3n) is 5.06. The predicted molar refractivity (Wildman–Crippen MR) is 98.7 cm³/mol. The number of hydrogen-bond acceptors (Lipinski definition) is 0. The molecule has 4 rings (SSSR count). The quantitative estimate of drug-likeness (QED) is 0.528. The van der Waals surface area contributed by atoms with Gasteiger partial charge in [0.05, 0.1) is 0 Å². The van der Waals surface area contributed by atoms with Gasteiger partial charge in [0.25, 0.3) is 0 Å². The fourth-order valence-corrected chi connectivity index (χ4v) is 3.93. The van der Waals surface area contributed by atoms with Crippen LogP contribution in [0.5, 0.6) is 0 Å². The molecule has 1 aliphatic carbocycles. The van der Waals surface area contributed by atoms with Crippen LogP contribution in [0.15, 0.2) is 66.7 Å². The van der Waals surface area contributed by atoms with Gasteiger partial charge in [-0.25, -0.2) is 0 Å². The molecule has 0 unspecified atom stereocenters. The van der Waals surface area contributed by atoms with E-state index in [9.17, 15) is 0 Å². The first-order valence-electron chi connectivity index (χ1n) is 8.61. The average Bonchev–Trinajstić information content (AvgIpc) is 2.63. The normalized spacial score (nSPS) is 13.6. The van der Waals surface area contributed by atoms with E-state index in [0.717, 1.165) is 0 Å². The van der Waals surface area contributed by atoms with Crippen molar-refractivity contribution in [2.75, 3.05) is 0 Å². The summed E-state index contributed by atoms with van der Waals surface area (Å²) in [6.07, 6.45) is 5.07. The van der Waals surface area contributed by atoms with Gasteiger partial charge in [-0.3, -0.25) is 0 Å². The minimum absolute atomic E-state index is 1.22. The van der Waals surface area contributed by atoms with Crippen LogP contribution in [0.3, 0.4) is 0 Å². The topological polar surface area (TPSA) is 0 Å². The molecule has 3 aromatic rings. The Labute approximate surface area is 138 Å². The highest BCUT2D eigenvalue weighted by atomic mass is 14.2. The molecule has 0 saturated carbocycles. The number of fused-ring (bicyclic) bond motifs is 1. The van der Waals surface area contributed by atoms with Gasteiger partial charge in [0.1, 0.15) is 0 Å². The van der Waals surface area contributed by atoms with Gasteiger partial charge in [0.2, 0.25) is 0 Å². The van der Waals surface area contributed by atoms with Gasteiger partial charge in [-0.05, 0) is 71.6 Å². The van der Waals surface area contributed by atoms with Crippen molar-refractivity contribution in [3.8, 4) is 22.3 Å². The molecule has 0 spiro atoms. The Morgan fingerprint density at radius 2 is 1.30 bits per heavy atom. The lowest BCUT2D eigenvalue weighted by Gasteiger charge is -2.24. The van der Waals surface area contributed by atoms with Crippen LogP contribution in [-0.2, 0) is 12.8 Å². The number of hydrogen-bond donors (Lipinski definition) is 0. The highest BCUT2D eigenvalue weighted by Gasteiger charge is 2.19. The molecule has 23 heavy (non-hydrogen) atoms. The van der Waals surface area contributed by atoms with E-state index in [1.54, 1.807) is 11.1 Å². The molecule has 0 saturated heterocycles. The molecule has 0 N–H and O–H groups in total. The molecule has 1 aliphatic rings. The van der Waals surface area contributed by atoms with Gasteiger partial charge < -0.3 is 0 Å². The fourth-order valence-electron chi connectivity index (χ4n) is 3.93. The number of aryl methyl sites for hydroxylation is 1. The lowest BCUT2D eigenvalue weighted by Crippen LogP contribution is -2.07. The van der Waals surface area contributed by atoms with Crippen molar-refractivity contribution >= 4 is 0 Å². The van der Waals surface area contributed by atoms with E-state index in [2.05, 4.69) is 73.7 Å². The Morgan fingerprint density at radius 1 is 0.696 bits per heavy atom. The van der Waals surface area contributed by atoms with Crippen LogP contribution in [-0.4, -0.2) is 0 Å². The summed E-state index contributed by atoms with van der Waals surface area (Å²) in [7, 11) is 0. The molecule has 3 aromatic carbocycles. The van der Waals surface area contributed by atoms with E-state index in [1.807, 2.05) is 0 Å². The first-order valence-corrected chi connectivity index (χ1v) is 8.61. The molecule has 0 heteroatoms. The summed E-state index contributed by atoms with van der Waals surface area (Å²) in [5.41, 5.74) is 10.1. The zero-order valence-corrected chi connectivity index (χ0v) is 13.7. The van der Waals surface area contributed by atoms with Crippen LogP contribution in [0.4, 0.5) is 0 Å². The maximum atomic E-state index is 2.45. The number of rotatable bonds is 2. The van der Waals surface area contributed by atoms with Crippen LogP contribution in [0.25, 0.3) is 22.3 Å². The fraction of sp³-hybridized carbons (Fsp3) is 0.217. The molecule has 0 aliphatic heterocycles. The standard InChI is InChI=1S/C23H22/c1-17-22(18-10-4-2-5-11-18)16-20-14-8-9-15-21(20)23(17)19-12-6-3-7-13-19/h2-7,10-13,16H,8-9,14-15H2,1H3. The van der Waals surface area contributed by atoms with Crippen LogP contribution in [0.2, 0.25) is 0 Å². The van der Waals surface area contributed by atoms with Gasteiger partial charge in [-0.15, -0.1) is 0 Å². The average molecular weight is 298 g/mol. The molecule has 0 heterocycles. The Morgan fingerprint density at radius 3 is 2.00 bits per heavy atom. The predicted octanol–water partition coefficient (Wildman–Crippen LogP) is 6.21. The molecule has 114 valence electrons. The van der Waals surface area contributed by atoms with Crippen molar-refractivity contribution in [3.63, 3.8) is 0 Å². The first kappa shape index (κ1) is 14.3. The molecule has 0 amide bonds. The maximum Gasteiger partial charge on any atom is -0.0114 e. The summed E-state index contributed by atoms with van der Waals surface area (Å²) in [6, 6.07) is 24.2. The molecule has 0 atom stereocenters. The van der Waals surface area contributed by atoms with Crippen LogP contribution < -0.4 is 0 Å². The third kappa shape index (κ3) is 2.59. The van der Waals surface area contributed by atoms with Crippen molar-refractivity contribution in [1.82, 2.24) is 0 Å². The lowest BCUT2D eigenvalue weighted by molar-refractivity contribution is 0.686. The van der Waals surface area contributed by atoms with E-state index in [4.69, 9.17) is 0 Å². The second-order valence-corrected chi connectivity index (χ2v) is 6.50. The molecule has 0 aromatic heterocycles. The zero-order valence-electron chi connectivity index (χ0n) is 13.7. The van der Waals surface area contributed by atoms with Crippen LogP contribution in [0, 0.1) is 6.92 Å². The van der Waals surface area contributed by atoms with E-state index in [-0.39, 0.29) is 0 Å². The van der Waals surface area contributed by atoms with Crippen LogP contribution >= 0.6 is 0 Å². The molecule has 0 radical (unpaired) electrons. The minimum Gasteiger partial charge on any atom is -0.0622 e. The zero-order chi connectivity index (χ0) is 15.6. The van der Waals surface area contributed by atoms with Crippen LogP contribution in [0.1, 0.15) is 29.5 Å². The third-order valence-corrected chi connectivity index (χ3v) is 5.06. The van der Waals surface area contributed by atoms with Crippen molar-refractivity contribution in [2.24, 2.45) is 0 Å². The summed E-state index contributed by atoms with van der Waals surface area (Å²) in [5, 5.41) is 0. The van der Waals surface area contributed by atoms with E-state index in [0.29, 0.717) is 0 Å². The maximum absolute atomic E-state index is 2.45. The summed E-state index contributed by atoms with van der Waals surface area (Å²) in [4.78, 5) is 0. The van der Waals surface area contributed by atoms with Crippen molar-refractivity contribution in [1.29, 1.82) is 0 Å². The Balaban J connectivity index is 2.00. The highest BCUT2D eigenvalue weighted by molar-refractivity contribution is 5.82. The minimum atomic E-state index is 1.22. The monoisotopic (exact) mass is 298 g/mol. The summed E-state index contributed by atoms with van der Waals surface area (Å²) in [5.74, 6) is 0. The van der Waals surface area contributed by atoms with Crippen molar-refractivity contribution < 1.29 is 0 Å². The first-order chi connectivity index (χ1) is 11.3. The Kier molecular flexibility index (Phi) is 3.75. The van der Waals surface area contributed by atoms with E-state index >= 15 is 0 Å². The van der Waals surface area contributed by atoms with E-state index < -0.39 is 0 Å². The largest absolute Gasteiger partial charge is 0.0622 e. The smallest absolute Gasteiger partial charge is 0.0114 e. The molecule has 0 fully saturated rings. The van der Waals surface area contributed by atoms with Gasteiger partial charge in [0.15, 0.2) is 0 Å². The van der Waals surface area contributed by atoms with Gasteiger partial charge >= 0.3 is 0 Å². The van der Waals surface area contributed by atoms with Gasteiger partial charge in [-0.1, -0.05) is 66.7 Å². The summed E-state index contributed by atoms with van der Waals surface area (Å²) < 4.78 is 0. The summed E-state index contributed by atoms with van der Waals surface area (Å²) in [6.45, 7) is 2.29. The van der Waals surface area contributed by atoms with Crippen molar-refractivity contribution in [2.45, 2.75) is 32.6 Å². The SMILES string of the molecule is Cc1c(-c2ccccc2)cc2c(c1-c1ccccc1)CCCC2. The van der Waals surface area contributed by atoms with Gasteiger partial charge in [0, 0.05) is 0 Å². The molecule has 0 nitrogen and oxygen atoms in total. The Hall–Kier alpha value is -2.34. The number of benzene rings is 3. The van der Waals surface area contributed by atoms with E-state index in [1.165, 1.54) is 53.5 Å². The molecular weight excluding hydrogens is 276 g/mol. The second-order valence-electron chi connectivity index (χ2n) is 6.50. The molecule has 0 bridgehead atoms. The second kappa shape index (κ2) is 6.04. The van der Waals surface area contributed by atoms with Crippen molar-refractivity contribution in [3.05, 3.63) is 83.4 Å². The highest BCUT2D eigenvalue weighted by Crippen LogP contribution is 2.39. The molecular formula is C23H22. The Bertz CT molecular complexity index is 814.